The number of rotatable bonds is 6. The minimum Gasteiger partial charge on any atom is -0.321 e. The van der Waals surface area contributed by atoms with Crippen LogP contribution >= 0.6 is 0 Å². The molecule has 0 fully saturated rings. The van der Waals surface area contributed by atoms with Crippen molar-refractivity contribution < 1.29 is 13.2 Å². The molecule has 0 saturated heterocycles. The zero-order chi connectivity index (χ0) is 20.1. The van der Waals surface area contributed by atoms with E-state index in [-0.39, 0.29) is 22.1 Å². The van der Waals surface area contributed by atoms with Gasteiger partial charge in [-0.15, -0.1) is 0 Å². The minimum absolute atomic E-state index is 0.0180. The van der Waals surface area contributed by atoms with Crippen LogP contribution in [0.4, 0.5) is 11.6 Å². The predicted molar refractivity (Wildman–Crippen MR) is 101 cm³/mol. The van der Waals surface area contributed by atoms with Crippen molar-refractivity contribution in [3.63, 3.8) is 0 Å². The molecule has 28 heavy (non-hydrogen) atoms. The molecule has 3 rings (SSSR count). The lowest BCUT2D eigenvalue weighted by atomic mass is 10.3. The van der Waals surface area contributed by atoms with E-state index < -0.39 is 15.9 Å². The number of carbonyl (C=O) groups excluding carboxylic acids is 1. The molecule has 0 unspecified atom stereocenters. The third-order valence-corrected chi connectivity index (χ3v) is 4.96. The first kappa shape index (κ1) is 19.2. The maximum absolute atomic E-state index is 12.3. The summed E-state index contributed by atoms with van der Waals surface area (Å²) in [6.45, 7) is 2.08. The summed E-state index contributed by atoms with van der Waals surface area (Å²) < 4.78 is 28.1. The Morgan fingerprint density at radius 3 is 2.39 bits per heavy atom. The first-order valence-electron chi connectivity index (χ1n) is 8.18. The van der Waals surface area contributed by atoms with Crippen LogP contribution in [-0.2, 0) is 16.6 Å². The molecule has 1 aromatic carbocycles. The van der Waals surface area contributed by atoms with Crippen LogP contribution in [0.15, 0.2) is 64.5 Å². The Morgan fingerprint density at radius 2 is 1.75 bits per heavy atom. The molecule has 0 radical (unpaired) electrons. The minimum atomic E-state index is -3.86. The molecule has 0 aliphatic rings. The number of aromatic nitrogens is 4. The lowest BCUT2D eigenvalue weighted by Crippen LogP contribution is -2.25. The van der Waals surface area contributed by atoms with E-state index in [1.807, 2.05) is 0 Å². The highest BCUT2D eigenvalue weighted by molar-refractivity contribution is 7.92. The number of nitrogens with zero attached hydrogens (tertiary/aromatic N) is 4. The van der Waals surface area contributed by atoms with Gasteiger partial charge in [-0.1, -0.05) is 0 Å². The fraction of sp³-hybridized carbons (Fsp3) is 0.118. The van der Waals surface area contributed by atoms with E-state index in [9.17, 15) is 18.0 Å². The van der Waals surface area contributed by atoms with Gasteiger partial charge in [0, 0.05) is 30.7 Å². The summed E-state index contributed by atoms with van der Waals surface area (Å²) in [5, 5.41) is 6.56. The van der Waals surface area contributed by atoms with Crippen molar-refractivity contribution in [3.05, 3.63) is 70.9 Å². The molecular weight excluding hydrogens is 384 g/mol. The maximum atomic E-state index is 12.3. The molecule has 0 bridgehead atoms. The largest absolute Gasteiger partial charge is 0.321 e. The molecule has 10 nitrogen and oxygen atoms in total. The van der Waals surface area contributed by atoms with Gasteiger partial charge in [0.25, 0.3) is 21.5 Å². The van der Waals surface area contributed by atoms with Crippen molar-refractivity contribution >= 4 is 27.6 Å². The molecule has 0 saturated carbocycles. The summed E-state index contributed by atoms with van der Waals surface area (Å²) in [5.74, 6) is -0.564. The number of anilines is 2. The Labute approximate surface area is 160 Å². The number of hydrogen-bond donors (Lipinski definition) is 2. The Kier molecular flexibility index (Phi) is 5.45. The van der Waals surface area contributed by atoms with Crippen molar-refractivity contribution in [2.45, 2.75) is 18.4 Å². The van der Waals surface area contributed by atoms with Crippen LogP contribution in [0.3, 0.4) is 0 Å². The van der Waals surface area contributed by atoms with Gasteiger partial charge in [0.1, 0.15) is 5.69 Å². The van der Waals surface area contributed by atoms with Gasteiger partial charge in [-0.05, 0) is 43.3 Å². The monoisotopic (exact) mass is 400 g/mol. The molecule has 2 heterocycles. The molecule has 0 aliphatic heterocycles. The molecule has 0 atom stereocenters. The summed E-state index contributed by atoms with van der Waals surface area (Å²) in [6.07, 6.45) is 2.83. The number of aryl methyl sites for hydroxylation is 1. The van der Waals surface area contributed by atoms with Gasteiger partial charge in [-0.2, -0.15) is 5.10 Å². The molecule has 0 spiro atoms. The van der Waals surface area contributed by atoms with Crippen molar-refractivity contribution in [3.8, 4) is 0 Å². The Morgan fingerprint density at radius 1 is 1.07 bits per heavy atom. The average molecular weight is 400 g/mol. The summed E-state index contributed by atoms with van der Waals surface area (Å²) in [4.78, 5) is 31.4. The normalized spacial score (nSPS) is 11.0. The summed E-state index contributed by atoms with van der Waals surface area (Å²) >= 11 is 0. The fourth-order valence-corrected chi connectivity index (χ4v) is 3.20. The van der Waals surface area contributed by atoms with E-state index in [0.717, 1.165) is 0 Å². The number of benzene rings is 1. The molecule has 2 N–H and O–H groups in total. The SMILES string of the molecule is CCn1nc(C(=O)Nc2ccc(S(=O)(=O)Nc3ncccn3)cc2)ccc1=O. The second-order valence-corrected chi connectivity index (χ2v) is 7.21. The first-order valence-corrected chi connectivity index (χ1v) is 9.67. The van der Waals surface area contributed by atoms with Gasteiger partial charge in [0.15, 0.2) is 0 Å². The van der Waals surface area contributed by atoms with Crippen molar-refractivity contribution in [1.29, 1.82) is 0 Å². The van der Waals surface area contributed by atoms with Crippen molar-refractivity contribution in [2.24, 2.45) is 0 Å². The highest BCUT2D eigenvalue weighted by atomic mass is 32.2. The van der Waals surface area contributed by atoms with Crippen LogP contribution < -0.4 is 15.6 Å². The zero-order valence-corrected chi connectivity index (χ0v) is 15.5. The zero-order valence-electron chi connectivity index (χ0n) is 14.7. The van der Waals surface area contributed by atoms with Gasteiger partial charge >= 0.3 is 0 Å². The van der Waals surface area contributed by atoms with Crippen LogP contribution in [0.25, 0.3) is 0 Å². The van der Waals surface area contributed by atoms with E-state index in [1.165, 1.54) is 53.5 Å². The molecule has 11 heteroatoms. The van der Waals surface area contributed by atoms with Gasteiger partial charge in [0.05, 0.1) is 4.90 Å². The Bertz CT molecular complexity index is 1140. The van der Waals surface area contributed by atoms with E-state index in [2.05, 4.69) is 25.1 Å². The lowest BCUT2D eigenvalue weighted by molar-refractivity contribution is 0.102. The summed E-state index contributed by atoms with van der Waals surface area (Å²) in [5.41, 5.74) is 0.139. The molecule has 3 aromatic rings. The van der Waals surface area contributed by atoms with E-state index in [4.69, 9.17) is 0 Å². The molecule has 1 amide bonds. The van der Waals surface area contributed by atoms with E-state index in [0.29, 0.717) is 12.2 Å². The highest BCUT2D eigenvalue weighted by Gasteiger charge is 2.16. The summed E-state index contributed by atoms with van der Waals surface area (Å²) in [7, 11) is -3.86. The van der Waals surface area contributed by atoms with Crippen molar-refractivity contribution in [1.82, 2.24) is 19.7 Å². The van der Waals surface area contributed by atoms with Gasteiger partial charge < -0.3 is 5.32 Å². The fourth-order valence-electron chi connectivity index (χ4n) is 2.24. The number of hydrogen-bond acceptors (Lipinski definition) is 7. The second-order valence-electron chi connectivity index (χ2n) is 5.53. The topological polar surface area (TPSA) is 136 Å². The van der Waals surface area contributed by atoms with Gasteiger partial charge in [-0.3, -0.25) is 9.59 Å². The predicted octanol–water partition coefficient (Wildman–Crippen LogP) is 1.11. The van der Waals surface area contributed by atoms with Gasteiger partial charge in [0.2, 0.25) is 5.95 Å². The third-order valence-electron chi connectivity index (χ3n) is 3.61. The number of sulfonamides is 1. The second kappa shape index (κ2) is 7.96. The number of amides is 1. The standard InChI is InChI=1S/C17H16N6O4S/c1-2-23-15(24)9-8-14(21-23)16(25)20-12-4-6-13(7-5-12)28(26,27)22-17-18-10-3-11-19-17/h3-11H,2H2,1H3,(H,20,25)(H,18,19,22). The molecule has 144 valence electrons. The highest BCUT2D eigenvalue weighted by Crippen LogP contribution is 2.16. The van der Waals surface area contributed by atoms with Crippen LogP contribution in [0.1, 0.15) is 17.4 Å². The molecular formula is C17H16N6O4S. The van der Waals surface area contributed by atoms with Crippen molar-refractivity contribution in [2.75, 3.05) is 10.0 Å². The van der Waals surface area contributed by atoms with Gasteiger partial charge in [-0.25, -0.2) is 27.8 Å². The smallest absolute Gasteiger partial charge is 0.276 e. The van der Waals surface area contributed by atoms with E-state index >= 15 is 0 Å². The molecule has 0 aliphatic carbocycles. The number of carbonyl (C=O) groups is 1. The quantitative estimate of drug-likeness (QED) is 0.632. The lowest BCUT2D eigenvalue weighted by Gasteiger charge is -2.09. The van der Waals surface area contributed by atoms with Crippen LogP contribution in [0.2, 0.25) is 0 Å². The Hall–Kier alpha value is -3.60. The van der Waals surface area contributed by atoms with Crippen LogP contribution in [0.5, 0.6) is 0 Å². The van der Waals surface area contributed by atoms with Crippen LogP contribution in [0, 0.1) is 0 Å². The Balaban J connectivity index is 1.74. The number of nitrogens with one attached hydrogen (secondary N) is 2. The maximum Gasteiger partial charge on any atom is 0.276 e. The first-order chi connectivity index (χ1) is 13.4. The van der Waals surface area contributed by atoms with E-state index in [1.54, 1.807) is 13.0 Å². The third kappa shape index (κ3) is 4.38. The molecule has 2 aromatic heterocycles. The summed E-state index contributed by atoms with van der Waals surface area (Å²) in [6, 6.07) is 9.70. The average Bonchev–Trinajstić information content (AvgIpc) is 2.69. The van der Waals surface area contributed by atoms with Crippen LogP contribution in [-0.4, -0.2) is 34.1 Å².